The Morgan fingerprint density at radius 2 is 1.11 bits per heavy atom. The van der Waals surface area contributed by atoms with Crippen LogP contribution in [0.15, 0.2) is 0 Å². The quantitative estimate of drug-likeness (QED) is 0.303. The molecule has 0 aromatic heterocycles. The van der Waals surface area contributed by atoms with E-state index in [1.165, 1.54) is 0 Å². The molecule has 0 aliphatic heterocycles. The standard InChI is InChI=1S/C2O2.CH4.H2O2.O2.5H2/c3-1-2-4;;2*1-2;;;;;/h;1H4;1-2H;;5*1H. The van der Waals surface area contributed by atoms with Gasteiger partial charge in [0.25, 0.3) is 0 Å². The molecule has 64 valence electrons. The second kappa shape index (κ2) is 466. The summed E-state index contributed by atoms with van der Waals surface area (Å²) in [5, 5.41) is 12.0. The van der Waals surface area contributed by atoms with Gasteiger partial charge < -0.3 is 0 Å². The van der Waals surface area contributed by atoms with Gasteiger partial charge in [0, 0.05) is 17.1 Å². The Morgan fingerprint density at radius 3 is 1.11 bits per heavy atom. The van der Waals surface area contributed by atoms with Crippen molar-refractivity contribution in [3.8, 4) is 0 Å². The number of rotatable bonds is 0. The van der Waals surface area contributed by atoms with Crippen molar-refractivity contribution in [1.29, 1.82) is 0 Å². The largest absolute Gasteiger partial charge is 0.255 e. The van der Waals surface area contributed by atoms with E-state index in [0.29, 0.717) is 0 Å². The van der Waals surface area contributed by atoms with Gasteiger partial charge in [-0.1, -0.05) is 7.43 Å². The van der Waals surface area contributed by atoms with E-state index in [1.807, 2.05) is 0 Å². The van der Waals surface area contributed by atoms with Gasteiger partial charge in [0.2, 0.25) is 11.9 Å². The Balaban J connectivity index is -0.00000000333. The zero-order valence-corrected chi connectivity index (χ0v) is 3.53. The van der Waals surface area contributed by atoms with Gasteiger partial charge >= 0.3 is 0 Å². The molecule has 0 aromatic carbocycles. The zero-order chi connectivity index (χ0) is 7.41. The molecule has 6 nitrogen and oxygen atoms in total. The number of hydrogen-bond acceptors (Lipinski definition) is 6. The summed E-state index contributed by atoms with van der Waals surface area (Å²) in [4.78, 5) is 31.2. The highest BCUT2D eigenvalue weighted by Crippen LogP contribution is 0.915. The van der Waals surface area contributed by atoms with E-state index < -0.39 is 0 Å². The van der Waals surface area contributed by atoms with Crippen molar-refractivity contribution >= 4 is 11.9 Å². The Bertz CT molecular complexity index is 81.5. The summed E-state index contributed by atoms with van der Waals surface area (Å²) in [7, 11) is 0. The normalized spacial score (nSPS) is 2.44. The van der Waals surface area contributed by atoms with Crippen LogP contribution in [0.4, 0.5) is 0 Å². The summed E-state index contributed by atoms with van der Waals surface area (Å²) in [6.07, 6.45) is 0. The summed E-state index contributed by atoms with van der Waals surface area (Å²) in [6, 6.07) is 0. The molecule has 0 aliphatic rings. The van der Waals surface area contributed by atoms with Crippen LogP contribution in [0, 0.1) is 9.93 Å². The Kier molecular flexibility index (Phi) is 1310. The molecule has 0 bridgehead atoms. The molecule has 0 saturated heterocycles. The highest BCUT2D eigenvalue weighted by Gasteiger charge is 1.27. The van der Waals surface area contributed by atoms with Crippen LogP contribution in [0.25, 0.3) is 0 Å². The molecular weight excluding hydrogens is 132 g/mol. The van der Waals surface area contributed by atoms with Crippen molar-refractivity contribution in [3.05, 3.63) is 9.93 Å². The molecule has 2 N–H and O–H groups in total. The number of carbonyl (C=O) groups excluding carboxylic acids is 2. The van der Waals surface area contributed by atoms with Crippen LogP contribution in [0.5, 0.6) is 0 Å². The molecule has 0 saturated carbocycles. The predicted molar refractivity (Wildman–Crippen MR) is 40.7 cm³/mol. The fourth-order valence-corrected chi connectivity index (χ4v) is 0. The van der Waals surface area contributed by atoms with Crippen LogP contribution < -0.4 is 0 Å². The first-order valence-corrected chi connectivity index (χ1v) is 1.02. The summed E-state index contributed by atoms with van der Waals surface area (Å²) in [5.74, 6) is 1.75. The van der Waals surface area contributed by atoms with Crippen molar-refractivity contribution < 1.29 is 27.2 Å². The van der Waals surface area contributed by atoms with Gasteiger partial charge in [0.15, 0.2) is 0 Å². The summed E-state index contributed by atoms with van der Waals surface area (Å²) >= 11 is 0. The topological polar surface area (TPSA) is 109 Å². The van der Waals surface area contributed by atoms with Crippen LogP contribution >= 0.6 is 0 Å². The fraction of sp³-hybridized carbons (Fsp3) is 0.333. The maximum Gasteiger partial charge on any atom is 0.221 e. The average molecular weight is 148 g/mol. The second-order valence-electron chi connectivity index (χ2n) is 0.204. The summed E-state index contributed by atoms with van der Waals surface area (Å²) < 4.78 is 0. The molecular formula is C3H16O6. The Morgan fingerprint density at radius 1 is 1.00 bits per heavy atom. The Hall–Kier alpha value is -1.32. The maximum atomic E-state index is 8.62. The first-order valence-electron chi connectivity index (χ1n) is 1.02. The molecule has 6 heteroatoms. The van der Waals surface area contributed by atoms with Crippen molar-refractivity contribution in [1.82, 2.24) is 0 Å². The molecule has 0 atom stereocenters. The van der Waals surface area contributed by atoms with Gasteiger partial charge in [-0.05, 0) is 0 Å². The number of hydrogen-bond donors (Lipinski definition) is 2. The molecule has 9 heavy (non-hydrogen) atoms. The first-order chi connectivity index (χ1) is 3.91. The SMILES string of the molecule is C.O=C=C=O.O=O.OO.[HH].[HH].[HH].[HH].[HH]. The lowest BCUT2D eigenvalue weighted by atomic mass is 11.2. The molecule has 0 aromatic rings. The zero-order valence-electron chi connectivity index (χ0n) is 3.53. The van der Waals surface area contributed by atoms with Crippen LogP contribution in [0.3, 0.4) is 0 Å². The maximum absolute atomic E-state index is 8.62. The van der Waals surface area contributed by atoms with Crippen molar-refractivity contribution in [3.63, 3.8) is 0 Å². The molecule has 0 heterocycles. The van der Waals surface area contributed by atoms with Gasteiger partial charge in [0.05, 0.1) is 0 Å². The van der Waals surface area contributed by atoms with Crippen LogP contribution in [0.2, 0.25) is 0 Å². The van der Waals surface area contributed by atoms with Gasteiger partial charge in [-0.15, -0.1) is 0 Å². The summed E-state index contributed by atoms with van der Waals surface area (Å²) in [5.41, 5.74) is 0. The fourth-order valence-electron chi connectivity index (χ4n) is 0. The molecule has 0 spiro atoms. The smallest absolute Gasteiger partial charge is 0.221 e. The first kappa shape index (κ1) is 25.3. The van der Waals surface area contributed by atoms with E-state index in [1.54, 1.807) is 0 Å². The third-order valence-electron chi connectivity index (χ3n) is 0.0417. The van der Waals surface area contributed by atoms with Crippen LogP contribution in [0.1, 0.15) is 14.6 Å². The van der Waals surface area contributed by atoms with Crippen LogP contribution in [-0.2, 0) is 9.59 Å². The molecule has 0 fully saturated rings. The molecule has 0 amide bonds. The molecule has 0 unspecified atom stereocenters. The van der Waals surface area contributed by atoms with Crippen LogP contribution in [-0.4, -0.2) is 22.4 Å². The minimum Gasteiger partial charge on any atom is -0.255 e. The van der Waals surface area contributed by atoms with E-state index in [4.69, 9.17) is 30.0 Å². The van der Waals surface area contributed by atoms with Gasteiger partial charge in [-0.25, -0.2) is 9.59 Å². The van der Waals surface area contributed by atoms with E-state index in [2.05, 4.69) is 0 Å². The Labute approximate surface area is 58.0 Å². The van der Waals surface area contributed by atoms with E-state index in [9.17, 15) is 0 Å². The van der Waals surface area contributed by atoms with E-state index in [0.717, 1.165) is 11.9 Å². The highest BCUT2D eigenvalue weighted by molar-refractivity contribution is 5.81. The van der Waals surface area contributed by atoms with Gasteiger partial charge in [-0.3, -0.25) is 10.5 Å². The minimum atomic E-state index is 0. The van der Waals surface area contributed by atoms with Gasteiger partial charge in [0.1, 0.15) is 0 Å². The lowest BCUT2D eigenvalue weighted by molar-refractivity contribution is -0.176. The van der Waals surface area contributed by atoms with E-state index >= 15 is 0 Å². The third kappa shape index (κ3) is 1430. The van der Waals surface area contributed by atoms with Gasteiger partial charge in [-0.2, -0.15) is 0 Å². The highest BCUT2D eigenvalue weighted by atomic mass is 17.0. The summed E-state index contributed by atoms with van der Waals surface area (Å²) in [6.45, 7) is 0. The second-order valence-corrected chi connectivity index (χ2v) is 0.204. The molecule has 0 aliphatic carbocycles. The third-order valence-corrected chi connectivity index (χ3v) is 0.0417. The molecule has 0 radical (unpaired) electrons. The van der Waals surface area contributed by atoms with Crippen molar-refractivity contribution in [2.75, 3.05) is 0 Å². The van der Waals surface area contributed by atoms with Crippen molar-refractivity contribution in [2.24, 2.45) is 0 Å². The minimum absolute atomic E-state index is 0. The predicted octanol–water partition coefficient (Wildman–Crippen LogP) is 1.16. The lowest BCUT2D eigenvalue weighted by Gasteiger charge is -1.25. The lowest BCUT2D eigenvalue weighted by Crippen LogP contribution is -1.38. The average Bonchev–Trinajstić information content (AvgIpc) is 1.96. The molecule has 0 rings (SSSR count). The van der Waals surface area contributed by atoms with E-state index in [-0.39, 0.29) is 14.6 Å². The monoisotopic (exact) mass is 148 g/mol. The van der Waals surface area contributed by atoms with Crippen molar-refractivity contribution in [2.45, 2.75) is 7.43 Å².